The van der Waals surface area contributed by atoms with Gasteiger partial charge in [-0.25, -0.2) is 0 Å². The molecule has 5 rings (SSSR count). The van der Waals surface area contributed by atoms with E-state index in [0.29, 0.717) is 23.4 Å². The third-order valence-electron chi connectivity index (χ3n) is 6.42. The van der Waals surface area contributed by atoms with Crippen molar-refractivity contribution in [1.82, 2.24) is 15.1 Å². The van der Waals surface area contributed by atoms with Crippen LogP contribution < -0.4 is 5.32 Å². The van der Waals surface area contributed by atoms with Gasteiger partial charge in [0.25, 0.3) is 0 Å². The Kier molecular flexibility index (Phi) is 3.91. The highest BCUT2D eigenvalue weighted by molar-refractivity contribution is 6.31. The number of aromatic nitrogens is 2. The average Bonchev–Trinajstić information content (AvgIpc) is 2.81. The fraction of sp³-hybridized carbons (Fsp3) is 0.778. The zero-order valence-corrected chi connectivity index (χ0v) is 14.6. The first kappa shape index (κ1) is 15.5. The highest BCUT2D eigenvalue weighted by Crippen LogP contribution is 2.59. The van der Waals surface area contributed by atoms with Gasteiger partial charge in [0.15, 0.2) is 0 Å². The summed E-state index contributed by atoms with van der Waals surface area (Å²) in [6, 6.07) is 0. The van der Waals surface area contributed by atoms with Crippen LogP contribution in [0.3, 0.4) is 0 Å². The minimum atomic E-state index is 0.145. The van der Waals surface area contributed by atoms with Gasteiger partial charge in [-0.3, -0.25) is 9.48 Å². The SMILES string of the molecule is Cc1c(Cl)cnn1CCC(=O)NCC12CC3CC(CC(C3)C1)C2. The molecule has 5 heteroatoms. The zero-order valence-electron chi connectivity index (χ0n) is 13.9. The second-order valence-electron chi connectivity index (χ2n) is 8.25. The van der Waals surface area contributed by atoms with Crippen molar-refractivity contribution in [2.24, 2.45) is 23.2 Å². The van der Waals surface area contributed by atoms with Crippen molar-refractivity contribution >= 4 is 17.5 Å². The van der Waals surface area contributed by atoms with E-state index in [9.17, 15) is 4.79 Å². The van der Waals surface area contributed by atoms with Crippen molar-refractivity contribution < 1.29 is 4.79 Å². The van der Waals surface area contributed by atoms with Gasteiger partial charge in [0.1, 0.15) is 0 Å². The van der Waals surface area contributed by atoms with E-state index < -0.39 is 0 Å². The topological polar surface area (TPSA) is 46.9 Å². The number of aryl methyl sites for hydroxylation is 1. The summed E-state index contributed by atoms with van der Waals surface area (Å²) in [4.78, 5) is 12.2. The molecule has 4 aliphatic carbocycles. The van der Waals surface area contributed by atoms with Gasteiger partial charge in [-0.2, -0.15) is 5.10 Å². The Morgan fingerprint density at radius 1 is 1.30 bits per heavy atom. The Bertz CT molecular complexity index is 574. The molecular weight excluding hydrogens is 310 g/mol. The highest BCUT2D eigenvalue weighted by atomic mass is 35.5. The van der Waals surface area contributed by atoms with E-state index in [2.05, 4.69) is 10.4 Å². The van der Waals surface area contributed by atoms with Gasteiger partial charge < -0.3 is 5.32 Å². The Balaban J connectivity index is 1.29. The molecule has 0 saturated heterocycles. The molecule has 4 aliphatic rings. The summed E-state index contributed by atoms with van der Waals surface area (Å²) >= 11 is 6.00. The summed E-state index contributed by atoms with van der Waals surface area (Å²) in [5.41, 5.74) is 1.34. The van der Waals surface area contributed by atoms with Gasteiger partial charge in [0.2, 0.25) is 5.91 Å². The molecule has 0 spiro atoms. The molecule has 1 amide bonds. The van der Waals surface area contributed by atoms with Gasteiger partial charge in [0.05, 0.1) is 23.5 Å². The molecule has 1 aromatic heterocycles. The normalized spacial score (nSPS) is 34.8. The molecule has 4 bridgehead atoms. The summed E-state index contributed by atoms with van der Waals surface area (Å²) in [5.74, 6) is 2.96. The maximum atomic E-state index is 12.2. The second kappa shape index (κ2) is 5.80. The number of nitrogens with one attached hydrogen (secondary N) is 1. The molecule has 1 heterocycles. The smallest absolute Gasteiger partial charge is 0.221 e. The van der Waals surface area contributed by atoms with Crippen LogP contribution in [0.25, 0.3) is 0 Å². The number of hydrogen-bond donors (Lipinski definition) is 1. The van der Waals surface area contributed by atoms with Crippen LogP contribution in [0.5, 0.6) is 0 Å². The lowest BCUT2D eigenvalue weighted by Gasteiger charge is -2.56. The lowest BCUT2D eigenvalue weighted by atomic mass is 9.49. The van der Waals surface area contributed by atoms with Crippen molar-refractivity contribution in [3.8, 4) is 0 Å². The minimum absolute atomic E-state index is 0.145. The molecule has 0 unspecified atom stereocenters. The standard InChI is InChI=1S/C18H26ClN3O/c1-12-16(19)10-21-22(12)3-2-17(23)20-11-18-7-13-4-14(8-18)6-15(5-13)9-18/h10,13-15H,2-9,11H2,1H3,(H,20,23). The summed E-state index contributed by atoms with van der Waals surface area (Å²) in [5, 5.41) is 8.10. The first-order valence-electron chi connectivity index (χ1n) is 8.98. The predicted molar refractivity (Wildman–Crippen MR) is 90.2 cm³/mol. The van der Waals surface area contributed by atoms with Crippen LogP contribution in [-0.2, 0) is 11.3 Å². The molecule has 4 fully saturated rings. The molecule has 0 aromatic carbocycles. The Morgan fingerprint density at radius 3 is 2.43 bits per heavy atom. The maximum absolute atomic E-state index is 12.2. The third-order valence-corrected chi connectivity index (χ3v) is 6.79. The lowest BCUT2D eigenvalue weighted by molar-refractivity contribution is -0.123. The van der Waals surface area contributed by atoms with Crippen molar-refractivity contribution in [1.29, 1.82) is 0 Å². The highest BCUT2D eigenvalue weighted by Gasteiger charge is 2.50. The zero-order chi connectivity index (χ0) is 16.0. The van der Waals surface area contributed by atoms with Crippen molar-refractivity contribution in [2.45, 2.75) is 58.4 Å². The van der Waals surface area contributed by atoms with Crippen molar-refractivity contribution in [2.75, 3.05) is 6.54 Å². The molecule has 1 N–H and O–H groups in total. The Labute approximate surface area is 143 Å². The van der Waals surface area contributed by atoms with E-state index in [1.807, 2.05) is 11.6 Å². The van der Waals surface area contributed by atoms with Gasteiger partial charge in [-0.15, -0.1) is 0 Å². The number of carbonyl (C=O) groups excluding carboxylic acids is 1. The van der Waals surface area contributed by atoms with Crippen molar-refractivity contribution in [3.63, 3.8) is 0 Å². The molecule has 126 valence electrons. The number of halogens is 1. The van der Waals surface area contributed by atoms with Crippen LogP contribution >= 0.6 is 11.6 Å². The minimum Gasteiger partial charge on any atom is -0.355 e. The fourth-order valence-electron chi connectivity index (χ4n) is 5.74. The molecule has 1 aromatic rings. The molecular formula is C18H26ClN3O. The molecule has 23 heavy (non-hydrogen) atoms. The van der Waals surface area contributed by atoms with Crippen LogP contribution in [0.4, 0.5) is 0 Å². The summed E-state index contributed by atoms with van der Waals surface area (Å²) < 4.78 is 1.81. The van der Waals surface area contributed by atoms with Gasteiger partial charge in [0, 0.05) is 13.0 Å². The van der Waals surface area contributed by atoms with Crippen LogP contribution in [0.1, 0.15) is 50.6 Å². The van der Waals surface area contributed by atoms with E-state index in [1.165, 1.54) is 38.5 Å². The number of rotatable bonds is 5. The molecule has 0 radical (unpaired) electrons. The quantitative estimate of drug-likeness (QED) is 0.894. The maximum Gasteiger partial charge on any atom is 0.221 e. The summed E-state index contributed by atoms with van der Waals surface area (Å²) in [7, 11) is 0. The number of amides is 1. The average molecular weight is 336 g/mol. The van der Waals surface area contributed by atoms with Gasteiger partial charge >= 0.3 is 0 Å². The van der Waals surface area contributed by atoms with Crippen LogP contribution in [-0.4, -0.2) is 22.2 Å². The Morgan fingerprint density at radius 2 is 1.91 bits per heavy atom. The van der Waals surface area contributed by atoms with Crippen LogP contribution in [0.2, 0.25) is 5.02 Å². The first-order valence-corrected chi connectivity index (χ1v) is 9.35. The van der Waals surface area contributed by atoms with E-state index in [4.69, 9.17) is 11.6 Å². The van der Waals surface area contributed by atoms with Crippen LogP contribution in [0, 0.1) is 30.1 Å². The third kappa shape index (κ3) is 3.02. The summed E-state index contributed by atoms with van der Waals surface area (Å²) in [6.07, 6.45) is 10.5. The molecule has 0 aliphatic heterocycles. The van der Waals surface area contributed by atoms with Gasteiger partial charge in [-0.1, -0.05) is 11.6 Å². The first-order chi connectivity index (χ1) is 11.0. The second-order valence-corrected chi connectivity index (χ2v) is 8.65. The van der Waals surface area contributed by atoms with Crippen molar-refractivity contribution in [3.05, 3.63) is 16.9 Å². The van der Waals surface area contributed by atoms with Crippen LogP contribution in [0.15, 0.2) is 6.20 Å². The molecule has 4 nitrogen and oxygen atoms in total. The Hall–Kier alpha value is -1.03. The van der Waals surface area contributed by atoms with E-state index in [1.54, 1.807) is 6.20 Å². The number of carbonyl (C=O) groups is 1. The summed E-state index contributed by atoms with van der Waals surface area (Å²) in [6.45, 7) is 3.42. The number of nitrogens with zero attached hydrogens (tertiary/aromatic N) is 2. The predicted octanol–water partition coefficient (Wildman–Crippen LogP) is 3.57. The lowest BCUT2D eigenvalue weighted by Crippen LogP contribution is -2.51. The monoisotopic (exact) mass is 335 g/mol. The van der Waals surface area contributed by atoms with E-state index >= 15 is 0 Å². The largest absolute Gasteiger partial charge is 0.355 e. The number of hydrogen-bond acceptors (Lipinski definition) is 2. The molecule has 4 saturated carbocycles. The fourth-order valence-corrected chi connectivity index (χ4v) is 5.88. The van der Waals surface area contributed by atoms with E-state index in [0.717, 1.165) is 30.0 Å². The van der Waals surface area contributed by atoms with Gasteiger partial charge in [-0.05, 0) is 68.6 Å². The van der Waals surface area contributed by atoms with E-state index in [-0.39, 0.29) is 5.91 Å². The molecule has 0 atom stereocenters.